The number of nitrogens with two attached hydrogens (primary N) is 1. The first-order valence-corrected chi connectivity index (χ1v) is 6.01. The lowest BCUT2D eigenvalue weighted by Gasteiger charge is -2.11. The van der Waals surface area contributed by atoms with E-state index in [1.54, 1.807) is 0 Å². The number of aliphatic imine (C=N–C) groups is 1. The van der Waals surface area contributed by atoms with Crippen LogP contribution in [0.2, 0.25) is 0 Å². The van der Waals surface area contributed by atoms with E-state index in [-0.39, 0.29) is 0 Å². The van der Waals surface area contributed by atoms with Crippen molar-refractivity contribution in [3.63, 3.8) is 0 Å². The van der Waals surface area contributed by atoms with Gasteiger partial charge in [0, 0.05) is 6.04 Å². The molecule has 4 nitrogen and oxygen atoms in total. The highest BCUT2D eigenvalue weighted by molar-refractivity contribution is 5.79. The van der Waals surface area contributed by atoms with Crippen LogP contribution in [0.4, 0.5) is 0 Å². The van der Waals surface area contributed by atoms with Gasteiger partial charge in [0.05, 0.1) is 6.54 Å². The first kappa shape index (κ1) is 13.5. The van der Waals surface area contributed by atoms with Crippen LogP contribution in [0.15, 0.2) is 29.3 Å². The lowest BCUT2D eigenvalue weighted by molar-refractivity contribution is 0.702. The molecule has 0 aliphatic heterocycles. The SMILES string of the molecule is CCc1ccc(CN=C(NN)NC(C)C)cc1. The quantitative estimate of drug-likeness (QED) is 0.321. The van der Waals surface area contributed by atoms with E-state index in [0.29, 0.717) is 18.5 Å². The summed E-state index contributed by atoms with van der Waals surface area (Å²) in [5, 5.41) is 3.14. The molecule has 0 bridgehead atoms. The third kappa shape index (κ3) is 4.87. The van der Waals surface area contributed by atoms with E-state index in [1.807, 2.05) is 13.8 Å². The highest BCUT2D eigenvalue weighted by Crippen LogP contribution is 2.05. The van der Waals surface area contributed by atoms with E-state index in [9.17, 15) is 0 Å². The van der Waals surface area contributed by atoms with Crippen LogP contribution >= 0.6 is 0 Å². The molecule has 0 unspecified atom stereocenters. The first-order valence-electron chi connectivity index (χ1n) is 6.01. The van der Waals surface area contributed by atoms with Crippen LogP contribution in [0.1, 0.15) is 31.9 Å². The van der Waals surface area contributed by atoms with Crippen molar-refractivity contribution < 1.29 is 0 Å². The molecule has 0 aliphatic rings. The van der Waals surface area contributed by atoms with Gasteiger partial charge < -0.3 is 5.32 Å². The van der Waals surface area contributed by atoms with Gasteiger partial charge >= 0.3 is 0 Å². The molecule has 94 valence electrons. The van der Waals surface area contributed by atoms with Crippen molar-refractivity contribution in [1.82, 2.24) is 10.7 Å². The summed E-state index contributed by atoms with van der Waals surface area (Å²) in [5.74, 6) is 6.01. The highest BCUT2D eigenvalue weighted by Gasteiger charge is 1.98. The minimum absolute atomic E-state index is 0.312. The normalized spacial score (nSPS) is 11.7. The van der Waals surface area contributed by atoms with Gasteiger partial charge in [0.15, 0.2) is 0 Å². The number of nitrogens with zero attached hydrogens (tertiary/aromatic N) is 1. The van der Waals surface area contributed by atoms with Crippen molar-refractivity contribution >= 4 is 5.96 Å². The second-order valence-electron chi connectivity index (χ2n) is 4.28. The van der Waals surface area contributed by atoms with Gasteiger partial charge in [-0.1, -0.05) is 31.2 Å². The van der Waals surface area contributed by atoms with E-state index in [0.717, 1.165) is 6.42 Å². The molecule has 0 radical (unpaired) electrons. The molecule has 0 fully saturated rings. The Hall–Kier alpha value is -1.55. The number of aryl methyl sites for hydroxylation is 1. The molecule has 1 rings (SSSR count). The molecule has 0 amide bonds. The van der Waals surface area contributed by atoms with E-state index in [1.165, 1.54) is 11.1 Å². The lowest BCUT2D eigenvalue weighted by atomic mass is 10.1. The standard InChI is InChI=1S/C13H22N4/c1-4-11-5-7-12(8-6-11)9-15-13(17-14)16-10(2)3/h5-8,10H,4,9,14H2,1-3H3,(H2,15,16,17). The summed E-state index contributed by atoms with van der Waals surface area (Å²) in [6.07, 6.45) is 1.06. The topological polar surface area (TPSA) is 62.4 Å². The fourth-order valence-corrected chi connectivity index (χ4v) is 1.46. The fraction of sp³-hybridized carbons (Fsp3) is 0.462. The second kappa shape index (κ2) is 6.91. The molecule has 0 saturated carbocycles. The maximum Gasteiger partial charge on any atom is 0.206 e. The van der Waals surface area contributed by atoms with Gasteiger partial charge in [0.1, 0.15) is 0 Å². The molecule has 1 aromatic rings. The fourth-order valence-electron chi connectivity index (χ4n) is 1.46. The van der Waals surface area contributed by atoms with Crippen LogP contribution in [0.25, 0.3) is 0 Å². The molecule has 17 heavy (non-hydrogen) atoms. The van der Waals surface area contributed by atoms with Crippen molar-refractivity contribution in [1.29, 1.82) is 0 Å². The first-order chi connectivity index (χ1) is 8.15. The van der Waals surface area contributed by atoms with E-state index in [4.69, 9.17) is 5.84 Å². The van der Waals surface area contributed by atoms with Crippen molar-refractivity contribution in [3.05, 3.63) is 35.4 Å². The number of rotatable bonds is 4. The van der Waals surface area contributed by atoms with E-state index in [2.05, 4.69) is 46.9 Å². The summed E-state index contributed by atoms with van der Waals surface area (Å²) in [4.78, 5) is 4.38. The van der Waals surface area contributed by atoms with Crippen LogP contribution in [0.5, 0.6) is 0 Å². The Labute approximate surface area is 103 Å². The lowest BCUT2D eigenvalue weighted by Crippen LogP contribution is -2.44. The zero-order chi connectivity index (χ0) is 12.7. The van der Waals surface area contributed by atoms with Gasteiger partial charge in [-0.15, -0.1) is 0 Å². The van der Waals surface area contributed by atoms with Gasteiger partial charge in [-0.05, 0) is 31.4 Å². The van der Waals surface area contributed by atoms with Gasteiger partial charge in [-0.25, -0.2) is 10.8 Å². The van der Waals surface area contributed by atoms with Gasteiger partial charge in [0.25, 0.3) is 0 Å². The molecular weight excluding hydrogens is 212 g/mol. The Bertz CT molecular complexity index is 354. The summed E-state index contributed by atoms with van der Waals surface area (Å²) < 4.78 is 0. The molecule has 0 spiro atoms. The maximum atomic E-state index is 5.39. The van der Waals surface area contributed by atoms with Crippen molar-refractivity contribution in [2.24, 2.45) is 10.8 Å². The maximum absolute atomic E-state index is 5.39. The Morgan fingerprint density at radius 1 is 1.24 bits per heavy atom. The third-order valence-electron chi connectivity index (χ3n) is 2.41. The predicted octanol–water partition coefficient (Wildman–Crippen LogP) is 1.57. The average Bonchev–Trinajstić information content (AvgIpc) is 2.34. The number of nitrogens with one attached hydrogen (secondary N) is 2. The molecule has 0 aromatic heterocycles. The average molecular weight is 234 g/mol. The molecule has 4 N–H and O–H groups in total. The van der Waals surface area contributed by atoms with Crippen LogP contribution in [-0.2, 0) is 13.0 Å². The minimum atomic E-state index is 0.312. The molecule has 4 heteroatoms. The van der Waals surface area contributed by atoms with Crippen molar-refractivity contribution in [3.8, 4) is 0 Å². The van der Waals surface area contributed by atoms with Gasteiger partial charge in [-0.2, -0.15) is 0 Å². The van der Waals surface area contributed by atoms with Crippen LogP contribution in [0.3, 0.4) is 0 Å². The summed E-state index contributed by atoms with van der Waals surface area (Å²) in [6.45, 7) is 6.87. The zero-order valence-electron chi connectivity index (χ0n) is 10.8. The zero-order valence-corrected chi connectivity index (χ0v) is 10.8. The largest absolute Gasteiger partial charge is 0.353 e. The second-order valence-corrected chi connectivity index (χ2v) is 4.28. The van der Waals surface area contributed by atoms with Crippen LogP contribution in [0, 0.1) is 0 Å². The Morgan fingerprint density at radius 2 is 1.82 bits per heavy atom. The molecule has 0 saturated heterocycles. The minimum Gasteiger partial charge on any atom is -0.353 e. The summed E-state index contributed by atoms with van der Waals surface area (Å²) in [5.41, 5.74) is 5.09. The van der Waals surface area contributed by atoms with E-state index < -0.39 is 0 Å². The third-order valence-corrected chi connectivity index (χ3v) is 2.41. The number of hydrogen-bond donors (Lipinski definition) is 3. The molecule has 1 aromatic carbocycles. The predicted molar refractivity (Wildman–Crippen MR) is 72.6 cm³/mol. The Morgan fingerprint density at radius 3 is 2.29 bits per heavy atom. The van der Waals surface area contributed by atoms with E-state index >= 15 is 0 Å². The Balaban J connectivity index is 2.60. The Kier molecular flexibility index (Phi) is 5.49. The molecule has 0 aliphatic carbocycles. The number of hydrogen-bond acceptors (Lipinski definition) is 2. The van der Waals surface area contributed by atoms with Gasteiger partial charge in [-0.3, -0.25) is 5.43 Å². The molecular formula is C13H22N4. The van der Waals surface area contributed by atoms with Crippen molar-refractivity contribution in [2.75, 3.05) is 0 Å². The summed E-state index contributed by atoms with van der Waals surface area (Å²) >= 11 is 0. The number of benzene rings is 1. The van der Waals surface area contributed by atoms with Crippen LogP contribution < -0.4 is 16.6 Å². The monoisotopic (exact) mass is 234 g/mol. The highest BCUT2D eigenvalue weighted by atomic mass is 15.3. The molecule has 0 heterocycles. The van der Waals surface area contributed by atoms with Gasteiger partial charge in [0.2, 0.25) is 5.96 Å². The summed E-state index contributed by atoms with van der Waals surface area (Å²) in [7, 11) is 0. The number of guanidine groups is 1. The van der Waals surface area contributed by atoms with Crippen molar-refractivity contribution in [2.45, 2.75) is 39.8 Å². The summed E-state index contributed by atoms with van der Waals surface area (Å²) in [6, 6.07) is 8.79. The smallest absolute Gasteiger partial charge is 0.206 e. The molecule has 0 atom stereocenters. The van der Waals surface area contributed by atoms with Crippen LogP contribution in [-0.4, -0.2) is 12.0 Å². The number of hydrazine groups is 1.